The molecule has 2 heterocycles. The van der Waals surface area contributed by atoms with Crippen LogP contribution in [0.2, 0.25) is 0 Å². The highest BCUT2D eigenvalue weighted by atomic mass is 15.1. The fraction of sp³-hybridized carbons (Fsp3) is 0.500. The molecule has 0 aromatic carbocycles. The van der Waals surface area contributed by atoms with E-state index in [1.165, 1.54) is 7.05 Å². The van der Waals surface area contributed by atoms with Gasteiger partial charge in [-0.2, -0.15) is 0 Å². The molecule has 0 aliphatic carbocycles. The first-order valence-electron chi connectivity index (χ1n) is 7.30. The highest BCUT2D eigenvalue weighted by molar-refractivity contribution is 5.14. The summed E-state index contributed by atoms with van der Waals surface area (Å²) in [5.41, 5.74) is -0.0997. The van der Waals surface area contributed by atoms with Crippen LogP contribution in [0.5, 0.6) is 0 Å². The zero-order valence-corrected chi connectivity index (χ0v) is 6.81. The van der Waals surface area contributed by atoms with Crippen molar-refractivity contribution in [2.45, 2.75) is 18.9 Å². The Hall–Kier alpha value is -0.890. The van der Waals surface area contributed by atoms with Gasteiger partial charge in [-0.3, -0.25) is 9.88 Å². The van der Waals surface area contributed by atoms with Crippen molar-refractivity contribution >= 4 is 0 Å². The average Bonchev–Trinajstić information content (AvgIpc) is 2.51. The van der Waals surface area contributed by atoms with Crippen molar-refractivity contribution in [2.24, 2.45) is 0 Å². The Bertz CT molecular complexity index is 533. The van der Waals surface area contributed by atoms with Crippen molar-refractivity contribution in [3.05, 3.63) is 30.0 Å². The molecular formula is C10H14N2. The topological polar surface area (TPSA) is 16.1 Å². The van der Waals surface area contributed by atoms with Crippen LogP contribution < -0.4 is 0 Å². The predicted octanol–water partition coefficient (Wildman–Crippen LogP) is 1.85. The van der Waals surface area contributed by atoms with E-state index in [0.29, 0.717) is 0 Å². The van der Waals surface area contributed by atoms with Crippen molar-refractivity contribution in [1.82, 2.24) is 9.88 Å². The van der Waals surface area contributed by atoms with Crippen molar-refractivity contribution in [2.75, 3.05) is 13.5 Å². The lowest BCUT2D eigenvalue weighted by molar-refractivity contribution is 0.317. The van der Waals surface area contributed by atoms with Crippen LogP contribution in [0.1, 0.15) is 34.0 Å². The van der Waals surface area contributed by atoms with Gasteiger partial charge in [0, 0.05) is 21.1 Å². The van der Waals surface area contributed by atoms with Crippen LogP contribution in [0, 0.1) is 0 Å². The quantitative estimate of drug-likeness (QED) is 0.638. The lowest BCUT2D eigenvalue weighted by Crippen LogP contribution is -2.17. The van der Waals surface area contributed by atoms with Gasteiger partial charge in [-0.15, -0.1) is 0 Å². The third kappa shape index (κ3) is 1.34. The molecule has 1 saturated heterocycles. The molecule has 2 nitrogen and oxygen atoms in total. The first kappa shape index (κ1) is 3.11. The molecule has 1 atom stereocenters. The molecule has 1 aliphatic rings. The maximum Gasteiger partial charge on any atom is 0.0843 e. The highest BCUT2D eigenvalue weighted by Gasteiger charge is 2.21. The number of aromatic nitrogens is 1. The summed E-state index contributed by atoms with van der Waals surface area (Å²) in [5, 5.41) is 0. The van der Waals surface area contributed by atoms with E-state index in [1.54, 1.807) is 0 Å². The van der Waals surface area contributed by atoms with Gasteiger partial charge in [0.1, 0.15) is 0 Å². The number of hydrogen-bond donors (Lipinski definition) is 0. The monoisotopic (exact) mass is 169 g/mol. The normalized spacial score (nSPS) is 43.2. The fourth-order valence-electron chi connectivity index (χ4n) is 1.26. The maximum atomic E-state index is 8.39. The third-order valence-electron chi connectivity index (χ3n) is 1.87. The van der Waals surface area contributed by atoms with Gasteiger partial charge < -0.3 is 0 Å². The summed E-state index contributed by atoms with van der Waals surface area (Å²) in [7, 11) is 1.43. The van der Waals surface area contributed by atoms with Gasteiger partial charge in [0.05, 0.1) is 6.85 Å². The fourth-order valence-corrected chi connectivity index (χ4v) is 1.26. The molecule has 0 bridgehead atoms. The summed E-state index contributed by atoms with van der Waals surface area (Å²) in [6, 6.07) is -2.41. The Kier molecular flexibility index (Phi) is 0.838. The minimum absolute atomic E-state index is 0.0997. The van der Waals surface area contributed by atoms with Crippen LogP contribution >= 0.6 is 0 Å². The molecule has 0 amide bonds. The minimum Gasteiger partial charge on any atom is -0.299 e. The molecule has 0 radical (unpaired) electrons. The standard InChI is InChI=1S/C10H14N2/c1-12-7-3-5-10(12)9-4-2-6-11-8-9/h2,4,6,8,10H,3,5,7H2,1H3/t10-/m0/s1/i2D,4D,6D,7D2,8D,10D. The number of rotatable bonds is 1. The molecule has 0 N–H and O–H groups in total. The molecular weight excluding hydrogens is 148 g/mol. The summed E-state index contributed by atoms with van der Waals surface area (Å²) in [6.45, 7) is -1.69. The van der Waals surface area contributed by atoms with Crippen LogP contribution in [-0.2, 0) is 0 Å². The van der Waals surface area contributed by atoms with E-state index in [2.05, 4.69) is 4.98 Å². The zero-order valence-electron chi connectivity index (χ0n) is 13.8. The van der Waals surface area contributed by atoms with E-state index in [9.17, 15) is 0 Å². The largest absolute Gasteiger partial charge is 0.299 e. The Labute approximate surface area is 83.1 Å². The summed E-state index contributed by atoms with van der Waals surface area (Å²) in [4.78, 5) is 4.73. The SMILES string of the molecule is [2H]c1nc([2H])c([C@]2([2H])CCC([2H])([2H])N2C)c([2H])c1[2H]. The van der Waals surface area contributed by atoms with Gasteiger partial charge >= 0.3 is 0 Å². The summed E-state index contributed by atoms with van der Waals surface area (Å²) in [6.07, 6.45) is -0.634. The predicted molar refractivity (Wildman–Crippen MR) is 48.8 cm³/mol. The van der Waals surface area contributed by atoms with Crippen molar-refractivity contribution in [3.63, 3.8) is 0 Å². The van der Waals surface area contributed by atoms with Gasteiger partial charge in [-0.05, 0) is 38.0 Å². The first-order valence-corrected chi connectivity index (χ1v) is 3.80. The van der Waals surface area contributed by atoms with Gasteiger partial charge in [-0.1, -0.05) is 6.04 Å². The van der Waals surface area contributed by atoms with Crippen molar-refractivity contribution in [1.29, 1.82) is 0 Å². The number of pyridine rings is 1. The Morgan fingerprint density at radius 3 is 3.58 bits per heavy atom. The molecule has 64 valence electrons. The molecule has 1 aliphatic heterocycles. The van der Waals surface area contributed by atoms with E-state index in [4.69, 9.17) is 9.60 Å². The van der Waals surface area contributed by atoms with Crippen LogP contribution in [-0.4, -0.2) is 23.4 Å². The number of hydrogen-bond acceptors (Lipinski definition) is 2. The molecule has 12 heavy (non-hydrogen) atoms. The molecule has 2 heteroatoms. The number of nitrogens with zero attached hydrogens (tertiary/aromatic N) is 2. The molecule has 0 saturated carbocycles. The van der Waals surface area contributed by atoms with E-state index in [-0.39, 0.29) is 24.4 Å². The van der Waals surface area contributed by atoms with E-state index >= 15 is 0 Å². The summed E-state index contributed by atoms with van der Waals surface area (Å²) < 4.78 is 54.5. The molecule has 1 aromatic heterocycles. The smallest absolute Gasteiger partial charge is 0.0843 e. The van der Waals surface area contributed by atoms with E-state index in [0.717, 1.165) is 4.90 Å². The van der Waals surface area contributed by atoms with E-state index in [1.807, 2.05) is 0 Å². The Morgan fingerprint density at radius 1 is 1.92 bits per heavy atom. The van der Waals surface area contributed by atoms with Gasteiger partial charge in [-0.25, -0.2) is 0 Å². The van der Waals surface area contributed by atoms with Crippen molar-refractivity contribution < 1.29 is 9.60 Å². The summed E-state index contributed by atoms with van der Waals surface area (Å²) in [5.74, 6) is 0. The van der Waals surface area contributed by atoms with Gasteiger partial charge in [0.2, 0.25) is 0 Å². The lowest BCUT2D eigenvalue weighted by Gasteiger charge is -2.18. The highest BCUT2D eigenvalue weighted by Crippen LogP contribution is 2.29. The lowest BCUT2D eigenvalue weighted by atomic mass is 10.1. The zero-order chi connectivity index (χ0) is 14.6. The van der Waals surface area contributed by atoms with Gasteiger partial charge in [0.15, 0.2) is 0 Å². The first-order chi connectivity index (χ1) is 8.61. The second-order valence-corrected chi connectivity index (χ2v) is 2.62. The maximum absolute atomic E-state index is 8.39. The van der Waals surface area contributed by atoms with Crippen LogP contribution in [0.15, 0.2) is 24.4 Å². The van der Waals surface area contributed by atoms with Gasteiger partial charge in [0.25, 0.3) is 0 Å². The average molecular weight is 169 g/mol. The van der Waals surface area contributed by atoms with Crippen LogP contribution in [0.4, 0.5) is 0 Å². The Balaban J connectivity index is 2.63. The molecule has 2 rings (SSSR count). The molecule has 0 spiro atoms. The van der Waals surface area contributed by atoms with E-state index < -0.39 is 30.9 Å². The summed E-state index contributed by atoms with van der Waals surface area (Å²) >= 11 is 0. The Morgan fingerprint density at radius 2 is 2.83 bits per heavy atom. The van der Waals surface area contributed by atoms with Crippen LogP contribution in [0.3, 0.4) is 0 Å². The molecule has 1 fully saturated rings. The number of likely N-dealkylation sites (tertiary alicyclic amines) is 1. The molecule has 1 aromatic rings. The van der Waals surface area contributed by atoms with Crippen molar-refractivity contribution in [3.8, 4) is 0 Å². The third-order valence-corrected chi connectivity index (χ3v) is 1.87. The minimum atomic E-state index is -1.69. The second kappa shape index (κ2) is 3.23. The second-order valence-electron chi connectivity index (χ2n) is 2.62. The molecule has 0 unspecified atom stereocenters. The van der Waals surface area contributed by atoms with Crippen LogP contribution in [0.25, 0.3) is 0 Å².